The number of aromatic nitrogens is 16. The molecular formula is C61H92BrIN16O16P4S2. The van der Waals surface area contributed by atoms with Crippen LogP contribution in [0.5, 0.6) is 0 Å². The van der Waals surface area contributed by atoms with Gasteiger partial charge in [-0.1, -0.05) is 11.8 Å². The third-order valence-electron chi connectivity index (χ3n) is 17.2. The summed E-state index contributed by atoms with van der Waals surface area (Å²) in [7, 11) is 0. The summed E-state index contributed by atoms with van der Waals surface area (Å²) in [5, 5.41) is 84.2. The van der Waals surface area contributed by atoms with Gasteiger partial charge in [-0.3, -0.25) is 37.4 Å². The highest BCUT2D eigenvalue weighted by atomic mass is 127. The van der Waals surface area contributed by atoms with Crippen molar-refractivity contribution in [1.29, 1.82) is 0 Å². The number of halogens is 2. The maximum Gasteiger partial charge on any atom is 0.279 e. The molecule has 4 fully saturated rings. The maximum atomic E-state index is 12.2. The Morgan fingerprint density at radius 1 is 0.446 bits per heavy atom. The van der Waals surface area contributed by atoms with Crippen LogP contribution in [0.15, 0.2) is 29.1 Å². The van der Waals surface area contributed by atoms with Gasteiger partial charge < -0.3 is 84.7 Å². The van der Waals surface area contributed by atoms with Gasteiger partial charge in [-0.15, -0.1) is 52.7 Å². The Hall–Kier alpha value is -4.10. The first-order chi connectivity index (χ1) is 46.9. The molecule has 12 heterocycles. The van der Waals surface area contributed by atoms with Gasteiger partial charge in [0.1, 0.15) is 72.1 Å². The molecule has 16 atom stereocenters. The molecule has 8 aromatic heterocycles. The van der Waals surface area contributed by atoms with E-state index in [9.17, 15) is 60.0 Å². The lowest BCUT2D eigenvalue weighted by Gasteiger charge is -2.19. The zero-order valence-corrected chi connectivity index (χ0v) is 67.3. The number of thioether (sulfide) groups is 1. The van der Waals surface area contributed by atoms with Crippen molar-refractivity contribution < 1.29 is 59.8 Å². The number of rotatable bonds is 17. The number of aliphatic hydroxyl groups is 8. The van der Waals surface area contributed by atoms with Crippen molar-refractivity contribution in [2.24, 2.45) is 0 Å². The summed E-state index contributed by atoms with van der Waals surface area (Å²) >= 11 is 11.9. The molecule has 32 nitrogen and oxygen atoms in total. The molecule has 0 spiro atoms. The van der Waals surface area contributed by atoms with E-state index in [4.69, 9.17) is 31.2 Å². The molecule has 0 unspecified atom stereocenters. The normalized spacial score (nSPS) is 27.1. The highest BCUT2D eigenvalue weighted by molar-refractivity contribution is 14.1. The molecule has 0 radical (unpaired) electrons. The summed E-state index contributed by atoms with van der Waals surface area (Å²) in [6.07, 6.45) is 10.2. The number of H-pyrrole nitrogens is 5. The largest absolute Gasteiger partial charge is 0.388 e. The van der Waals surface area contributed by atoms with Crippen LogP contribution in [-0.4, -0.2) is 302 Å². The van der Waals surface area contributed by atoms with E-state index < -0.39 is 126 Å². The average molecular weight is 1700 g/mol. The number of hydrogen-bond acceptors (Lipinski definition) is 25. The Bertz CT molecular complexity index is 4750. The SMILES string of the molecule is C=P(C)(C)CC[C@H]1O[C@@H](n2c(=S)[nH]c3c(=O)[nH]c(C)nc32)[C@H](O)[C@@H]1O.C=P(C)(C)CC[C@H]1O[C@@H](n2c(Br)nc3c(=O)[nH]c(C)nc32)[C@H](O)[C@@H]1O.C=P(C)(C)CC[C@H]1O[C@@H](n2c(I)nc3c(=O)[nH]c(C)nc32)[C@H](O)[C@@H]1O.C=P(C)(C)CC[C@H]1O[C@@H](n2c(SC)nc3c(=O)[nH]c(C)nc32)[C@H](O)[C@@H]1O. The molecule has 8 aromatic rings. The fourth-order valence-corrected chi connectivity index (χ4v) is 18.0. The van der Waals surface area contributed by atoms with E-state index in [0.717, 1.165) is 24.6 Å². The summed E-state index contributed by atoms with van der Waals surface area (Å²) in [5.41, 5.74) is 0.642. The van der Waals surface area contributed by atoms with Crippen molar-refractivity contribution in [2.45, 2.75) is 157 Å². The van der Waals surface area contributed by atoms with Gasteiger partial charge in [0.25, 0.3) is 22.2 Å². The zero-order chi connectivity index (χ0) is 74.8. The van der Waals surface area contributed by atoms with Crippen LogP contribution in [0.3, 0.4) is 0 Å². The molecule has 4 aliphatic heterocycles. The predicted molar refractivity (Wildman–Crippen MR) is 416 cm³/mol. The van der Waals surface area contributed by atoms with E-state index in [1.165, 1.54) is 20.9 Å². The molecule has 0 aliphatic carbocycles. The lowest BCUT2D eigenvalue weighted by atomic mass is 10.1. The van der Waals surface area contributed by atoms with Crippen LogP contribution in [0.25, 0.3) is 44.7 Å². The highest BCUT2D eigenvalue weighted by Crippen LogP contribution is 2.45. The molecule has 558 valence electrons. The molecule has 0 aromatic carbocycles. The molecule has 0 bridgehead atoms. The predicted octanol–water partition coefficient (Wildman–Crippen LogP) is 3.34. The van der Waals surface area contributed by atoms with Gasteiger partial charge in [-0.2, -0.15) is 0 Å². The Kier molecular flexibility index (Phi) is 25.5. The molecule has 12 rings (SSSR count). The second-order valence-corrected chi connectivity index (χ2v) is 48.7. The first-order valence-electron chi connectivity index (χ1n) is 32.2. The van der Waals surface area contributed by atoms with Crippen molar-refractivity contribution in [3.05, 3.63) is 78.0 Å². The molecule has 0 saturated carbocycles. The topological polar surface area (TPSA) is 456 Å². The summed E-state index contributed by atoms with van der Waals surface area (Å²) in [6.45, 7) is 18.5. The number of aromatic amines is 5. The zero-order valence-electron chi connectivity index (χ0n) is 58.3. The minimum atomic E-state index is -1.27. The van der Waals surface area contributed by atoms with E-state index >= 15 is 0 Å². The monoisotopic (exact) mass is 1700 g/mol. The van der Waals surface area contributed by atoms with Crippen molar-refractivity contribution in [3.63, 3.8) is 0 Å². The summed E-state index contributed by atoms with van der Waals surface area (Å²) in [6, 6.07) is 0. The molecule has 101 heavy (non-hydrogen) atoms. The molecule has 4 saturated heterocycles. The van der Waals surface area contributed by atoms with Gasteiger partial charge in [-0.25, -0.2) is 34.9 Å². The van der Waals surface area contributed by atoms with Gasteiger partial charge in [-0.05, 0) is 166 Å². The number of fused-ring (bicyclic) bond motifs is 4. The Balaban J connectivity index is 0.000000157. The fourth-order valence-electron chi connectivity index (χ4n) is 12.0. The van der Waals surface area contributed by atoms with Crippen molar-refractivity contribution in [1.82, 2.24) is 78.1 Å². The van der Waals surface area contributed by atoms with Crippen LogP contribution >= 0.6 is 90.0 Å². The smallest absolute Gasteiger partial charge is 0.279 e. The van der Waals surface area contributed by atoms with Gasteiger partial charge >= 0.3 is 0 Å². The van der Waals surface area contributed by atoms with Crippen LogP contribution in [0.1, 0.15) is 73.9 Å². The van der Waals surface area contributed by atoms with Gasteiger partial charge in [0.05, 0.1) is 24.4 Å². The molecule has 40 heteroatoms. The van der Waals surface area contributed by atoms with E-state index in [1.54, 1.807) is 36.8 Å². The first kappa shape index (κ1) is 81.0. The minimum absolute atomic E-state index is 0.149. The first-order valence-corrected chi connectivity index (χ1v) is 47.9. The summed E-state index contributed by atoms with van der Waals surface area (Å²) < 4.78 is 30.9. The van der Waals surface area contributed by atoms with Gasteiger partial charge in [0.2, 0.25) is 0 Å². The van der Waals surface area contributed by atoms with Crippen molar-refractivity contribution in [2.75, 3.05) is 84.2 Å². The van der Waals surface area contributed by atoms with Crippen LogP contribution in [0, 0.1) is 36.3 Å². The van der Waals surface area contributed by atoms with E-state index in [-0.39, 0.29) is 49.1 Å². The number of nitrogens with zero attached hydrogens (tertiary/aromatic N) is 11. The minimum Gasteiger partial charge on any atom is -0.388 e. The van der Waals surface area contributed by atoms with Crippen LogP contribution in [0.2, 0.25) is 0 Å². The van der Waals surface area contributed by atoms with Crippen molar-refractivity contribution >= 4 is 160 Å². The fraction of sp³-hybridized carbons (Fsp3) is 0.607. The van der Waals surface area contributed by atoms with E-state index in [0.29, 0.717) is 85.3 Å². The second-order valence-electron chi connectivity index (χ2n) is 28.6. The number of hydrogen-bond donors (Lipinski definition) is 13. The van der Waals surface area contributed by atoms with Gasteiger partial charge in [0, 0.05) is 22.6 Å². The second kappa shape index (κ2) is 31.8. The number of aryl methyl sites for hydroxylation is 4. The maximum absolute atomic E-state index is 12.2. The summed E-state index contributed by atoms with van der Waals surface area (Å²) in [4.78, 5) is 91.6. The number of nitrogens with one attached hydrogen (secondary N) is 5. The molecule has 13 N–H and O–H groups in total. The summed E-state index contributed by atoms with van der Waals surface area (Å²) in [5.74, 6) is 1.75. The van der Waals surface area contributed by atoms with Gasteiger partial charge in [0.15, 0.2) is 88.1 Å². The third kappa shape index (κ3) is 18.5. The Morgan fingerprint density at radius 3 is 1.11 bits per heavy atom. The molecular weight excluding hydrogens is 1610 g/mol. The standard InChI is InChI=1S/C16H25N4O4PS.C15H22BrN4O4P.C15H22IN4O4P.C15H23N4O4PS/c1-8-17-13-10(14(23)18-8)19-16(26-5)20(13)15-12(22)11(21)9(24-15)6-7-25(2,3)4;2*1-7-17-12-9(13(23)18-7)19-15(16)20(12)14-11(22)10(21)8(24-14)5-6-25(2,3)4;1-7-16-12-9(13(22)17-7)18-15(25)19(12)14-11(21)10(20)8(23-14)5-6-24(2,3)4/h9,11-12,15,21-22H,2,6-7H2,1,3-5H3,(H,17,18,23);2*8,10-11,14,21-22H,2,5-6H2,1,3-4H3,(H,17,18,23);8,10-11,14,20-21H,2,5-6H2,1,3-4H3,(H,18,25)(H,16,17,22)/t9-,11-,12-,15-;3*8-,10-,11-,14-/m1111/s1. The molecule has 4 aliphatic rings. The number of imidazole rings is 4. The average Bonchev–Trinajstić information content (AvgIpc) is 1.63. The third-order valence-corrected chi connectivity index (χ3v) is 25.4. The van der Waals surface area contributed by atoms with Crippen LogP contribution in [0.4, 0.5) is 0 Å². The van der Waals surface area contributed by atoms with E-state index in [1.807, 2.05) is 28.8 Å². The van der Waals surface area contributed by atoms with E-state index in [2.05, 4.69) is 154 Å². The van der Waals surface area contributed by atoms with Crippen molar-refractivity contribution in [3.8, 4) is 0 Å². The number of aliphatic hydroxyl groups excluding tert-OH is 8. The quantitative estimate of drug-likeness (QED) is 0.0204. The van der Waals surface area contributed by atoms with Crippen LogP contribution in [-0.2, 0) is 18.9 Å². The molecule has 0 amide bonds. The Morgan fingerprint density at radius 2 is 0.743 bits per heavy atom. The lowest BCUT2D eigenvalue weighted by molar-refractivity contribution is -0.0400. The van der Waals surface area contributed by atoms with Crippen LogP contribution < -0.4 is 22.2 Å². The Labute approximate surface area is 612 Å². The number of ether oxygens (including phenoxy) is 4. The highest BCUT2D eigenvalue weighted by Gasteiger charge is 2.49. The lowest BCUT2D eigenvalue weighted by Crippen LogP contribution is -2.32.